The van der Waals surface area contributed by atoms with Crippen molar-refractivity contribution in [2.75, 3.05) is 56.6 Å². The molecule has 0 spiro atoms. The Morgan fingerprint density at radius 2 is 0.868 bits per heavy atom. The van der Waals surface area contributed by atoms with E-state index in [4.69, 9.17) is 26.8 Å². The van der Waals surface area contributed by atoms with Crippen LogP contribution in [0.5, 0.6) is 0 Å². The number of nitro benzene ring substituents is 2. The Bertz CT molecular complexity index is 3230. The molecule has 4 aliphatic heterocycles. The van der Waals surface area contributed by atoms with E-state index in [1.807, 2.05) is 77.4 Å². The van der Waals surface area contributed by atoms with E-state index in [1.54, 1.807) is 45.9 Å². The quantitative estimate of drug-likeness (QED) is 0.0369. The predicted molar refractivity (Wildman–Crippen MR) is 369 cm³/mol. The predicted octanol–water partition coefficient (Wildman–Crippen LogP) is 13.1. The lowest BCUT2D eigenvalue weighted by molar-refractivity contribution is -0.387. The first-order chi connectivity index (χ1) is 43.5. The maximum Gasteiger partial charge on any atom is 0.304 e. The molecule has 19 nitrogen and oxygen atoms in total. The fourth-order valence-corrected chi connectivity index (χ4v) is 10.1. The number of aryl methyl sites for hydroxylation is 4. The molecule has 4 heterocycles. The highest BCUT2D eigenvalue weighted by molar-refractivity contribution is 5.94. The minimum absolute atomic E-state index is 0.0211. The topological polar surface area (TPSA) is 288 Å². The molecule has 11 rings (SSSR count). The number of anilines is 7. The summed E-state index contributed by atoms with van der Waals surface area (Å²) in [7, 11) is 0. The average molecular weight is 1250 g/mol. The van der Waals surface area contributed by atoms with Crippen molar-refractivity contribution in [3.8, 4) is 0 Å². The number of nitrogens with one attached hydrogen (secondary N) is 4. The Balaban J connectivity index is 0.000000224. The van der Waals surface area contributed by atoms with Gasteiger partial charge < -0.3 is 57.9 Å². The van der Waals surface area contributed by atoms with Crippen molar-refractivity contribution in [2.45, 2.75) is 156 Å². The number of para-hydroxylation sites is 9. The lowest BCUT2D eigenvalue weighted by atomic mass is 9.97. The molecule has 7 atom stereocenters. The summed E-state index contributed by atoms with van der Waals surface area (Å²) in [5.74, 6) is -0.512. The smallest absolute Gasteiger partial charge is 0.304 e. The van der Waals surface area contributed by atoms with Crippen molar-refractivity contribution in [3.63, 3.8) is 0 Å². The van der Waals surface area contributed by atoms with Gasteiger partial charge in [0.1, 0.15) is 5.69 Å². The maximum absolute atomic E-state index is 12.4. The zero-order valence-corrected chi connectivity index (χ0v) is 54.1. The molecule has 2 unspecified atom stereocenters. The van der Waals surface area contributed by atoms with Crippen LogP contribution in [0.1, 0.15) is 110 Å². The number of nitrogens with zero attached hydrogens (tertiary/aromatic N) is 4. The number of aliphatic hydroxyl groups excluding tert-OH is 3. The highest BCUT2D eigenvalue weighted by atomic mass is 19.1. The van der Waals surface area contributed by atoms with E-state index in [0.717, 1.165) is 54.9 Å². The minimum Gasteiger partial charge on any atom is -0.397 e. The number of nitro groups is 2. The Kier molecular flexibility index (Phi) is 32.1. The summed E-state index contributed by atoms with van der Waals surface area (Å²) in [6.07, 6.45) is 9.28. The third-order valence-corrected chi connectivity index (χ3v) is 15.0. The Morgan fingerprint density at radius 1 is 0.527 bits per heavy atom. The normalized spacial score (nSPS) is 17.0. The number of hydrogen-bond acceptors (Lipinski definition) is 15. The molecule has 4 aliphatic rings. The van der Waals surface area contributed by atoms with E-state index in [1.165, 1.54) is 77.5 Å². The number of aliphatic hydroxyl groups is 3. The first-order valence-corrected chi connectivity index (χ1v) is 31.0. The van der Waals surface area contributed by atoms with Crippen molar-refractivity contribution >= 4 is 63.0 Å². The van der Waals surface area contributed by atoms with Crippen molar-refractivity contribution in [2.24, 2.45) is 5.73 Å². The second-order valence-electron chi connectivity index (χ2n) is 23.0. The van der Waals surface area contributed by atoms with Crippen LogP contribution in [0.4, 0.5) is 55.6 Å². The van der Waals surface area contributed by atoms with E-state index in [9.17, 15) is 34.2 Å². The van der Waals surface area contributed by atoms with Crippen molar-refractivity contribution in [3.05, 3.63) is 218 Å². The fraction of sp³-hybridized carbons (Fsp3) is 0.380. The van der Waals surface area contributed by atoms with Gasteiger partial charge in [0.05, 0.1) is 41.0 Å². The summed E-state index contributed by atoms with van der Waals surface area (Å²) in [5.41, 5.74) is 22.6. The highest BCUT2D eigenvalue weighted by Crippen LogP contribution is 2.32. The molecule has 7 aromatic rings. The highest BCUT2D eigenvalue weighted by Gasteiger charge is 2.27. The van der Waals surface area contributed by atoms with Crippen LogP contribution in [0, 0.1) is 26.0 Å². The summed E-state index contributed by atoms with van der Waals surface area (Å²) in [6.45, 7) is 17.5. The Labute approximate surface area is 536 Å². The third kappa shape index (κ3) is 25.1. The number of halogens is 1. The van der Waals surface area contributed by atoms with Crippen molar-refractivity contribution in [1.29, 1.82) is 0 Å². The molecule has 0 saturated carbocycles. The summed E-state index contributed by atoms with van der Waals surface area (Å²) in [5, 5.41) is 59.0. The number of hydrogen-bond donors (Lipinski definition) is 9. The van der Waals surface area contributed by atoms with E-state index >= 15 is 0 Å². The second-order valence-corrected chi connectivity index (χ2v) is 23.0. The van der Waals surface area contributed by atoms with E-state index in [0.29, 0.717) is 35.5 Å². The van der Waals surface area contributed by atoms with Crippen LogP contribution in [0.2, 0.25) is 0 Å². The molecule has 0 radical (unpaired) electrons. The van der Waals surface area contributed by atoms with Crippen LogP contribution in [0.25, 0.3) is 0 Å². The van der Waals surface area contributed by atoms with Gasteiger partial charge in [-0.3, -0.25) is 29.8 Å². The summed E-state index contributed by atoms with van der Waals surface area (Å²) in [6, 6.07) is 54.0. The molecule has 91 heavy (non-hydrogen) atoms. The molecular weight excluding hydrogens is 1160 g/mol. The van der Waals surface area contributed by atoms with Gasteiger partial charge in [-0.05, 0) is 171 Å². The van der Waals surface area contributed by atoms with Gasteiger partial charge in [-0.2, -0.15) is 4.39 Å². The third-order valence-electron chi connectivity index (χ3n) is 15.0. The van der Waals surface area contributed by atoms with Gasteiger partial charge in [0.15, 0.2) is 0 Å². The number of fused-ring (bicyclic) bond motifs is 4. The number of carbonyl (C=O) groups is 2. The molecule has 7 aromatic carbocycles. The summed E-state index contributed by atoms with van der Waals surface area (Å²) < 4.78 is 12.4. The standard InChI is InChI=1S/2C12H15NO.2C10H13N.C9H12N2O3.C9H14N2O.C6H4FNO2.C3H9NO/c2*1-9-7-8-11-5-3-4-6-12(11)13(9)10(2)14;2*1-8-6-7-9-4-2-3-5-10(9)11-8;1-7(6-12)10-8-4-2-3-5-9(8)11(13)14;1-7(6-12)11-9-5-3-2-4-8(9)10;7-5-3-1-2-4-6(5)8(9)10;1-3(4)2-5/h2*3-6,9H,7-8H2,1-2H3;2*2-5,8,11H,6-7H2,1H3;2-5,7,10,12H,6H2,1H3;2-5,7,11-12H,6,10H2,1H3;1-4H;3,5H,2,4H2,1H3/t9-;;8-;;2*7-;;3-/m0.0.00.0/s1. The number of amides is 2. The molecule has 0 aliphatic carbocycles. The van der Waals surface area contributed by atoms with Crippen LogP contribution in [0.3, 0.4) is 0 Å². The van der Waals surface area contributed by atoms with Gasteiger partial charge in [-0.15, -0.1) is 0 Å². The SMILES string of the molecule is CC(=O)N1c2ccccc2CCC1C.CC(=O)N1c2ccccc2CC[C@@H]1C.CC1CCc2ccccc2N1.C[C@@H](CO)Nc1ccccc1N.C[C@@H](CO)Nc1ccccc1[N+](=O)[O-].C[C@H](N)CO.C[C@H]1CCc2ccccc2N1.O=[N+]([O-])c1ccccc1F. The molecular formula is C71H95FN10O9. The number of nitrogens with two attached hydrogens (primary N) is 2. The van der Waals surface area contributed by atoms with E-state index in [2.05, 4.69) is 110 Å². The number of carbonyl (C=O) groups excluding carboxylic acids is 2. The minimum atomic E-state index is -0.799. The van der Waals surface area contributed by atoms with Crippen LogP contribution >= 0.6 is 0 Å². The van der Waals surface area contributed by atoms with Gasteiger partial charge in [0, 0.05) is 91.0 Å². The Morgan fingerprint density at radius 3 is 1.25 bits per heavy atom. The van der Waals surface area contributed by atoms with Gasteiger partial charge in [0.25, 0.3) is 5.69 Å². The molecule has 0 aromatic heterocycles. The monoisotopic (exact) mass is 1250 g/mol. The van der Waals surface area contributed by atoms with Crippen molar-refractivity contribution in [1.82, 2.24) is 0 Å². The Hall–Kier alpha value is -8.95. The van der Waals surface area contributed by atoms with Crippen LogP contribution in [0.15, 0.2) is 170 Å². The second kappa shape index (κ2) is 39.2. The van der Waals surface area contributed by atoms with E-state index < -0.39 is 21.4 Å². The average Bonchev–Trinajstić information content (AvgIpc) is 1.17. The van der Waals surface area contributed by atoms with Gasteiger partial charge >= 0.3 is 5.69 Å². The largest absolute Gasteiger partial charge is 0.397 e. The molecule has 490 valence electrons. The summed E-state index contributed by atoms with van der Waals surface area (Å²) >= 11 is 0. The van der Waals surface area contributed by atoms with Gasteiger partial charge in [-0.1, -0.05) is 109 Å². The first-order valence-electron chi connectivity index (χ1n) is 31.0. The van der Waals surface area contributed by atoms with Crippen molar-refractivity contribution < 1.29 is 39.1 Å². The molecule has 0 fully saturated rings. The molecule has 20 heteroatoms. The molecule has 11 N–H and O–H groups in total. The lowest BCUT2D eigenvalue weighted by Crippen LogP contribution is -2.40. The fourth-order valence-electron chi connectivity index (χ4n) is 10.1. The number of nitrogen functional groups attached to an aromatic ring is 1. The van der Waals surface area contributed by atoms with Gasteiger partial charge in [0.2, 0.25) is 17.6 Å². The number of rotatable bonds is 9. The zero-order valence-electron chi connectivity index (χ0n) is 54.1. The lowest BCUT2D eigenvalue weighted by Gasteiger charge is -2.34. The van der Waals surface area contributed by atoms with E-state index in [-0.39, 0.29) is 55.4 Å². The summed E-state index contributed by atoms with van der Waals surface area (Å²) in [4.78, 5) is 46.2. The van der Waals surface area contributed by atoms with Crippen LogP contribution < -0.4 is 42.5 Å². The first kappa shape index (κ1) is 74.5. The molecule has 0 bridgehead atoms. The maximum atomic E-state index is 12.4. The van der Waals surface area contributed by atoms with Crippen LogP contribution in [-0.2, 0) is 35.3 Å². The zero-order chi connectivity index (χ0) is 67.0. The van der Waals surface area contributed by atoms with Gasteiger partial charge in [-0.25, -0.2) is 0 Å². The molecule has 2 amide bonds. The van der Waals surface area contributed by atoms with Crippen LogP contribution in [-0.4, -0.2) is 99.1 Å². The molecule has 0 saturated heterocycles. The number of benzene rings is 7.